The number of aromatic nitrogens is 1. The van der Waals surface area contributed by atoms with E-state index in [2.05, 4.69) is 25.6 Å². The van der Waals surface area contributed by atoms with Gasteiger partial charge in [-0.2, -0.15) is 0 Å². The van der Waals surface area contributed by atoms with Crippen LogP contribution in [0.15, 0.2) is 39.3 Å². The average Bonchev–Trinajstić information content (AvgIpc) is 2.70. The van der Waals surface area contributed by atoms with Crippen molar-refractivity contribution in [1.29, 1.82) is 0 Å². The van der Waals surface area contributed by atoms with Gasteiger partial charge in [-0.25, -0.2) is 13.1 Å². The molecule has 2 heterocycles. The number of sulfonamides is 1. The highest BCUT2D eigenvalue weighted by molar-refractivity contribution is 9.11. The third-order valence-corrected chi connectivity index (χ3v) is 6.02. The Labute approximate surface area is 125 Å². The van der Waals surface area contributed by atoms with Crippen LogP contribution in [0.4, 0.5) is 0 Å². The molecule has 102 valence electrons. The van der Waals surface area contributed by atoms with Crippen molar-refractivity contribution >= 4 is 37.3 Å². The van der Waals surface area contributed by atoms with Crippen LogP contribution in [-0.2, 0) is 10.0 Å². The van der Waals surface area contributed by atoms with Crippen molar-refractivity contribution in [1.82, 2.24) is 9.71 Å². The number of nitrogens with zero attached hydrogens (tertiary/aromatic N) is 1. The van der Waals surface area contributed by atoms with Gasteiger partial charge >= 0.3 is 0 Å². The maximum Gasteiger partial charge on any atom is 0.242 e. The van der Waals surface area contributed by atoms with Crippen LogP contribution < -0.4 is 4.72 Å². The highest BCUT2D eigenvalue weighted by Crippen LogP contribution is 2.30. The van der Waals surface area contributed by atoms with Gasteiger partial charge in [-0.05, 0) is 53.5 Å². The molecule has 0 fully saturated rings. The van der Waals surface area contributed by atoms with E-state index in [1.54, 1.807) is 37.5 Å². The third-order valence-electron chi connectivity index (χ3n) is 2.67. The highest BCUT2D eigenvalue weighted by atomic mass is 79.9. The quantitative estimate of drug-likeness (QED) is 0.910. The minimum Gasteiger partial charge on any atom is -0.265 e. The van der Waals surface area contributed by atoms with E-state index in [0.29, 0.717) is 4.90 Å². The maximum atomic E-state index is 12.3. The lowest BCUT2D eigenvalue weighted by Crippen LogP contribution is -2.27. The first-order chi connectivity index (χ1) is 8.90. The summed E-state index contributed by atoms with van der Waals surface area (Å²) < 4.78 is 28.1. The van der Waals surface area contributed by atoms with Gasteiger partial charge in [0.05, 0.1) is 8.68 Å². The van der Waals surface area contributed by atoms with E-state index in [1.165, 1.54) is 11.3 Å². The lowest BCUT2D eigenvalue weighted by atomic mass is 10.1. The number of hydrogen-bond donors (Lipinski definition) is 1. The van der Waals surface area contributed by atoms with Gasteiger partial charge in [-0.15, -0.1) is 11.3 Å². The molecule has 0 amide bonds. The first kappa shape index (κ1) is 14.6. The second kappa shape index (κ2) is 5.70. The summed E-state index contributed by atoms with van der Waals surface area (Å²) >= 11 is 4.71. The van der Waals surface area contributed by atoms with Crippen molar-refractivity contribution in [3.63, 3.8) is 0 Å². The summed E-state index contributed by atoms with van der Waals surface area (Å²) in [6.07, 6.45) is 3.29. The van der Waals surface area contributed by atoms with Crippen LogP contribution in [0, 0.1) is 6.92 Å². The van der Waals surface area contributed by atoms with E-state index in [4.69, 9.17) is 0 Å². The van der Waals surface area contributed by atoms with Crippen LogP contribution in [0.25, 0.3) is 0 Å². The number of nitrogens with one attached hydrogen (secondary N) is 1. The number of rotatable bonds is 4. The van der Waals surface area contributed by atoms with Crippen molar-refractivity contribution in [2.24, 2.45) is 0 Å². The largest absolute Gasteiger partial charge is 0.265 e. The van der Waals surface area contributed by atoms with Crippen LogP contribution in [0.1, 0.15) is 23.4 Å². The van der Waals surface area contributed by atoms with Crippen LogP contribution in [0.3, 0.4) is 0 Å². The molecule has 1 unspecified atom stereocenters. The van der Waals surface area contributed by atoms with E-state index in [9.17, 15) is 8.42 Å². The average molecular weight is 361 g/mol. The second-order valence-electron chi connectivity index (χ2n) is 4.09. The standard InChI is InChI=1S/C12H13BrN2O2S2/c1-8(10-3-5-14-6-4-10)15-19(16,17)11-7-12(13)18-9(11)2/h3-8,15H,1-2H3. The molecule has 0 saturated heterocycles. The molecule has 2 rings (SSSR count). The van der Waals surface area contributed by atoms with E-state index >= 15 is 0 Å². The number of pyridine rings is 1. The van der Waals surface area contributed by atoms with Gasteiger partial charge in [0.25, 0.3) is 0 Å². The molecule has 19 heavy (non-hydrogen) atoms. The van der Waals surface area contributed by atoms with Gasteiger partial charge in [0, 0.05) is 23.3 Å². The zero-order chi connectivity index (χ0) is 14.0. The molecule has 0 spiro atoms. The number of aryl methyl sites for hydroxylation is 1. The molecule has 0 aliphatic carbocycles. The normalized spacial score (nSPS) is 13.4. The Kier molecular flexibility index (Phi) is 4.39. The molecule has 0 aliphatic heterocycles. The summed E-state index contributed by atoms with van der Waals surface area (Å²) in [4.78, 5) is 5.01. The minimum atomic E-state index is -3.51. The molecule has 2 aromatic rings. The lowest BCUT2D eigenvalue weighted by molar-refractivity contribution is 0.566. The van der Waals surface area contributed by atoms with E-state index < -0.39 is 10.0 Å². The van der Waals surface area contributed by atoms with E-state index in [1.807, 2.05) is 6.92 Å². The topological polar surface area (TPSA) is 59.1 Å². The Morgan fingerprint density at radius 1 is 1.37 bits per heavy atom. The molecule has 1 atom stereocenters. The SMILES string of the molecule is Cc1sc(Br)cc1S(=O)(=O)NC(C)c1ccncc1. The van der Waals surface area contributed by atoms with Gasteiger partial charge in [0.2, 0.25) is 10.0 Å². The molecule has 1 N–H and O–H groups in total. The first-order valence-corrected chi connectivity index (χ1v) is 8.67. The van der Waals surface area contributed by atoms with Gasteiger partial charge in [0.15, 0.2) is 0 Å². The minimum absolute atomic E-state index is 0.300. The van der Waals surface area contributed by atoms with Crippen molar-refractivity contribution in [3.05, 3.63) is 44.8 Å². The van der Waals surface area contributed by atoms with Crippen LogP contribution in [0.2, 0.25) is 0 Å². The first-order valence-electron chi connectivity index (χ1n) is 5.58. The van der Waals surface area contributed by atoms with E-state index in [-0.39, 0.29) is 6.04 Å². The number of halogens is 1. The Hall–Kier alpha value is -0.760. The van der Waals surface area contributed by atoms with Gasteiger partial charge in [0.1, 0.15) is 0 Å². The lowest BCUT2D eigenvalue weighted by Gasteiger charge is -2.14. The summed E-state index contributed by atoms with van der Waals surface area (Å²) in [5, 5.41) is 0. The fourth-order valence-corrected chi connectivity index (χ4v) is 5.36. The molecule has 0 bridgehead atoms. The zero-order valence-corrected chi connectivity index (χ0v) is 13.6. The van der Waals surface area contributed by atoms with Crippen molar-refractivity contribution in [2.45, 2.75) is 24.8 Å². The Morgan fingerprint density at radius 3 is 2.53 bits per heavy atom. The van der Waals surface area contributed by atoms with Crippen molar-refractivity contribution < 1.29 is 8.42 Å². The predicted molar refractivity (Wildman–Crippen MR) is 79.7 cm³/mol. The highest BCUT2D eigenvalue weighted by Gasteiger charge is 2.22. The third kappa shape index (κ3) is 3.42. The predicted octanol–water partition coefficient (Wildman–Crippen LogP) is 3.25. The fourth-order valence-electron chi connectivity index (χ4n) is 1.71. The van der Waals surface area contributed by atoms with Crippen LogP contribution in [-0.4, -0.2) is 13.4 Å². The monoisotopic (exact) mass is 360 g/mol. The molecular weight excluding hydrogens is 348 g/mol. The summed E-state index contributed by atoms with van der Waals surface area (Å²) in [6, 6.07) is 4.92. The molecule has 0 aliphatic rings. The Balaban J connectivity index is 2.25. The summed E-state index contributed by atoms with van der Waals surface area (Å²) in [5.41, 5.74) is 0.880. The number of hydrogen-bond acceptors (Lipinski definition) is 4. The summed E-state index contributed by atoms with van der Waals surface area (Å²) in [7, 11) is -3.51. The Bertz CT molecular complexity index is 668. The Morgan fingerprint density at radius 2 is 2.00 bits per heavy atom. The van der Waals surface area contributed by atoms with Crippen LogP contribution in [0.5, 0.6) is 0 Å². The molecule has 4 nitrogen and oxygen atoms in total. The van der Waals surface area contributed by atoms with Gasteiger partial charge in [-0.1, -0.05) is 0 Å². The molecule has 0 saturated carbocycles. The van der Waals surface area contributed by atoms with Crippen molar-refractivity contribution in [3.8, 4) is 0 Å². The maximum absolute atomic E-state index is 12.3. The van der Waals surface area contributed by atoms with Crippen LogP contribution >= 0.6 is 27.3 Å². The molecule has 0 radical (unpaired) electrons. The van der Waals surface area contributed by atoms with Gasteiger partial charge in [-0.3, -0.25) is 4.98 Å². The fraction of sp³-hybridized carbons (Fsp3) is 0.250. The van der Waals surface area contributed by atoms with Crippen molar-refractivity contribution in [2.75, 3.05) is 0 Å². The molecule has 2 aromatic heterocycles. The number of thiophene rings is 1. The van der Waals surface area contributed by atoms with E-state index in [0.717, 1.165) is 14.2 Å². The zero-order valence-electron chi connectivity index (χ0n) is 10.4. The molecular formula is C12H13BrN2O2S2. The molecule has 7 heteroatoms. The van der Waals surface area contributed by atoms with Gasteiger partial charge < -0.3 is 0 Å². The second-order valence-corrected chi connectivity index (χ2v) is 8.41. The molecule has 0 aromatic carbocycles. The smallest absolute Gasteiger partial charge is 0.242 e. The summed E-state index contributed by atoms with van der Waals surface area (Å²) in [5.74, 6) is 0. The summed E-state index contributed by atoms with van der Waals surface area (Å²) in [6.45, 7) is 3.60.